The van der Waals surface area contributed by atoms with Gasteiger partial charge in [0, 0.05) is 4.88 Å². The van der Waals surface area contributed by atoms with Gasteiger partial charge < -0.3 is 15.2 Å². The number of ether oxygens (including phenoxy) is 1. The fourth-order valence-corrected chi connectivity index (χ4v) is 3.67. The van der Waals surface area contributed by atoms with Crippen LogP contribution < -0.4 is 5.32 Å². The Kier molecular flexibility index (Phi) is 3.28. The summed E-state index contributed by atoms with van der Waals surface area (Å²) in [6.07, 6.45) is 1.01. The lowest BCUT2D eigenvalue weighted by Crippen LogP contribution is -2.43. The maximum absolute atomic E-state index is 12.2. The zero-order valence-electron chi connectivity index (χ0n) is 10.2. The molecule has 0 aliphatic carbocycles. The van der Waals surface area contributed by atoms with E-state index < -0.39 is 17.8 Å². The highest BCUT2D eigenvalue weighted by atomic mass is 32.1. The molecule has 2 saturated heterocycles. The van der Waals surface area contributed by atoms with Gasteiger partial charge >= 0.3 is 5.97 Å². The van der Waals surface area contributed by atoms with Crippen LogP contribution in [0.5, 0.6) is 0 Å². The van der Waals surface area contributed by atoms with Crippen molar-refractivity contribution >= 4 is 23.2 Å². The van der Waals surface area contributed by atoms with Crippen LogP contribution in [0, 0.1) is 11.8 Å². The van der Waals surface area contributed by atoms with Gasteiger partial charge in [-0.15, -0.1) is 11.3 Å². The van der Waals surface area contributed by atoms with E-state index in [4.69, 9.17) is 4.74 Å². The lowest BCUT2D eigenvalue weighted by molar-refractivity contribution is -0.147. The predicted molar refractivity (Wildman–Crippen MR) is 68.7 cm³/mol. The minimum absolute atomic E-state index is 0.201. The molecule has 2 N–H and O–H groups in total. The topological polar surface area (TPSA) is 75.6 Å². The smallest absolute Gasteiger partial charge is 0.310 e. The average Bonchev–Trinajstić information content (AvgIpc) is 3.10. The van der Waals surface area contributed by atoms with Crippen molar-refractivity contribution in [2.75, 3.05) is 0 Å². The lowest BCUT2D eigenvalue weighted by atomic mass is 9.79. The van der Waals surface area contributed by atoms with Gasteiger partial charge in [-0.05, 0) is 24.3 Å². The van der Waals surface area contributed by atoms with Gasteiger partial charge in [-0.2, -0.15) is 0 Å². The third kappa shape index (κ3) is 2.26. The number of rotatable bonds is 4. The molecule has 4 unspecified atom stereocenters. The Morgan fingerprint density at radius 3 is 2.74 bits per heavy atom. The van der Waals surface area contributed by atoms with Crippen LogP contribution in [0.2, 0.25) is 0 Å². The molecule has 5 nitrogen and oxygen atoms in total. The number of hydrogen-bond acceptors (Lipinski definition) is 4. The quantitative estimate of drug-likeness (QED) is 0.870. The summed E-state index contributed by atoms with van der Waals surface area (Å²) in [6, 6.07) is 3.86. The van der Waals surface area contributed by atoms with E-state index in [1.54, 1.807) is 11.3 Å². The Hall–Kier alpha value is -1.40. The fourth-order valence-electron chi connectivity index (χ4n) is 3.03. The van der Waals surface area contributed by atoms with E-state index in [-0.39, 0.29) is 18.1 Å². The Balaban J connectivity index is 1.66. The molecular weight excluding hydrogens is 266 g/mol. The number of fused-ring (bicyclic) bond motifs is 2. The SMILES string of the molecule is O=C(O)C1C2CCC(O2)C1C(=O)NCc1cccs1. The van der Waals surface area contributed by atoms with Crippen molar-refractivity contribution < 1.29 is 19.4 Å². The molecule has 19 heavy (non-hydrogen) atoms. The number of aliphatic carboxylic acids is 1. The van der Waals surface area contributed by atoms with Gasteiger partial charge in [0.25, 0.3) is 0 Å². The molecule has 3 rings (SSSR count). The second-order valence-electron chi connectivity index (χ2n) is 4.98. The molecule has 2 bridgehead atoms. The number of thiophene rings is 1. The molecule has 3 heterocycles. The highest BCUT2D eigenvalue weighted by Gasteiger charge is 2.55. The zero-order chi connectivity index (χ0) is 13.4. The van der Waals surface area contributed by atoms with Crippen LogP contribution >= 0.6 is 11.3 Å². The second kappa shape index (κ2) is 4.94. The second-order valence-corrected chi connectivity index (χ2v) is 6.01. The van der Waals surface area contributed by atoms with Crippen molar-refractivity contribution in [1.29, 1.82) is 0 Å². The van der Waals surface area contributed by atoms with Crippen LogP contribution in [0.15, 0.2) is 17.5 Å². The molecule has 1 aromatic rings. The first-order valence-corrected chi connectivity index (χ1v) is 7.23. The third-order valence-corrected chi connectivity index (χ3v) is 4.75. The number of carboxylic acid groups (broad SMARTS) is 1. The summed E-state index contributed by atoms with van der Waals surface area (Å²) in [4.78, 5) is 24.5. The maximum Gasteiger partial charge on any atom is 0.310 e. The van der Waals surface area contributed by atoms with Crippen molar-refractivity contribution in [2.45, 2.75) is 31.6 Å². The minimum atomic E-state index is -0.927. The molecule has 1 amide bonds. The molecule has 2 aliphatic rings. The number of carbonyl (C=O) groups is 2. The molecule has 0 spiro atoms. The van der Waals surface area contributed by atoms with E-state index >= 15 is 0 Å². The summed E-state index contributed by atoms with van der Waals surface area (Å²) >= 11 is 1.57. The van der Waals surface area contributed by atoms with E-state index in [9.17, 15) is 14.7 Å². The molecule has 0 saturated carbocycles. The monoisotopic (exact) mass is 281 g/mol. The molecule has 0 radical (unpaired) electrons. The van der Waals surface area contributed by atoms with Gasteiger partial charge in [0.2, 0.25) is 5.91 Å². The molecule has 1 aromatic heterocycles. The van der Waals surface area contributed by atoms with E-state index in [0.29, 0.717) is 6.54 Å². The van der Waals surface area contributed by atoms with Crippen LogP contribution in [0.1, 0.15) is 17.7 Å². The van der Waals surface area contributed by atoms with Crippen molar-refractivity contribution in [3.8, 4) is 0 Å². The van der Waals surface area contributed by atoms with Gasteiger partial charge in [-0.3, -0.25) is 9.59 Å². The first-order chi connectivity index (χ1) is 9.16. The molecule has 2 aliphatic heterocycles. The van der Waals surface area contributed by atoms with Gasteiger partial charge in [-0.1, -0.05) is 6.07 Å². The molecule has 0 aromatic carbocycles. The summed E-state index contributed by atoms with van der Waals surface area (Å²) in [5.74, 6) is -2.37. The van der Waals surface area contributed by atoms with Gasteiger partial charge in [0.05, 0.1) is 30.6 Å². The molecular formula is C13H15NO4S. The van der Waals surface area contributed by atoms with Crippen molar-refractivity contribution in [3.05, 3.63) is 22.4 Å². The van der Waals surface area contributed by atoms with Crippen molar-refractivity contribution in [2.24, 2.45) is 11.8 Å². The standard InChI is InChI=1S/C13H15NO4S/c15-12(14-6-7-2-1-5-19-7)10-8-3-4-9(18-8)11(10)13(16)17/h1-2,5,8-11H,3-4,6H2,(H,14,15)(H,16,17). The molecule has 2 fully saturated rings. The molecule has 6 heteroatoms. The third-order valence-electron chi connectivity index (χ3n) is 3.88. The maximum atomic E-state index is 12.2. The van der Waals surface area contributed by atoms with E-state index in [2.05, 4.69) is 5.32 Å². The molecule has 102 valence electrons. The van der Waals surface area contributed by atoms with E-state index in [0.717, 1.165) is 17.7 Å². The number of hydrogen-bond donors (Lipinski definition) is 2. The Bertz CT molecular complexity index is 487. The van der Waals surface area contributed by atoms with Crippen molar-refractivity contribution in [1.82, 2.24) is 5.32 Å². The summed E-state index contributed by atoms with van der Waals surface area (Å²) in [5.41, 5.74) is 0. The Morgan fingerprint density at radius 2 is 2.11 bits per heavy atom. The average molecular weight is 281 g/mol. The Morgan fingerprint density at radius 1 is 1.37 bits per heavy atom. The highest BCUT2D eigenvalue weighted by Crippen LogP contribution is 2.43. The fraction of sp³-hybridized carbons (Fsp3) is 0.538. The van der Waals surface area contributed by atoms with Gasteiger partial charge in [0.15, 0.2) is 0 Å². The number of carboxylic acids is 1. The number of amides is 1. The molecule has 4 atom stereocenters. The largest absolute Gasteiger partial charge is 0.481 e. The van der Waals surface area contributed by atoms with Crippen LogP contribution in [0.25, 0.3) is 0 Å². The normalized spacial score (nSPS) is 32.4. The first kappa shape index (κ1) is 12.6. The van der Waals surface area contributed by atoms with Crippen molar-refractivity contribution in [3.63, 3.8) is 0 Å². The lowest BCUT2D eigenvalue weighted by Gasteiger charge is -2.23. The van der Waals surface area contributed by atoms with Gasteiger partial charge in [-0.25, -0.2) is 0 Å². The number of nitrogens with one attached hydrogen (secondary N) is 1. The van der Waals surface area contributed by atoms with Crippen LogP contribution in [0.3, 0.4) is 0 Å². The van der Waals surface area contributed by atoms with E-state index in [1.165, 1.54) is 0 Å². The predicted octanol–water partition coefficient (Wildman–Crippen LogP) is 1.24. The van der Waals surface area contributed by atoms with Gasteiger partial charge in [0.1, 0.15) is 0 Å². The first-order valence-electron chi connectivity index (χ1n) is 6.35. The number of carbonyl (C=O) groups excluding carboxylic acids is 1. The highest BCUT2D eigenvalue weighted by molar-refractivity contribution is 7.09. The van der Waals surface area contributed by atoms with E-state index in [1.807, 2.05) is 17.5 Å². The van der Waals surface area contributed by atoms with Crippen LogP contribution in [-0.4, -0.2) is 29.2 Å². The van der Waals surface area contributed by atoms with Crippen LogP contribution in [-0.2, 0) is 20.9 Å². The van der Waals surface area contributed by atoms with Crippen LogP contribution in [0.4, 0.5) is 0 Å². The Labute approximate surface area is 114 Å². The summed E-state index contributed by atoms with van der Waals surface area (Å²) in [7, 11) is 0. The summed E-state index contributed by atoms with van der Waals surface area (Å²) in [5, 5.41) is 14.0. The summed E-state index contributed by atoms with van der Waals surface area (Å²) in [6.45, 7) is 0.455. The zero-order valence-corrected chi connectivity index (χ0v) is 11.1. The summed E-state index contributed by atoms with van der Waals surface area (Å²) < 4.78 is 5.58. The minimum Gasteiger partial charge on any atom is -0.481 e.